The second kappa shape index (κ2) is 8.02. The molecule has 0 saturated carbocycles. The summed E-state index contributed by atoms with van der Waals surface area (Å²) in [5, 5.41) is 12.4. The smallest absolute Gasteiger partial charge is 0.337 e. The number of anilines is 1. The summed E-state index contributed by atoms with van der Waals surface area (Å²) in [5.74, 6) is -0.0112. The van der Waals surface area contributed by atoms with Gasteiger partial charge in [0.15, 0.2) is 0 Å². The first-order chi connectivity index (χ1) is 11.0. The Bertz CT molecular complexity index is 680. The first-order valence-corrected chi connectivity index (χ1v) is 8.24. The molecule has 0 fully saturated rings. The van der Waals surface area contributed by atoms with Gasteiger partial charge in [0.2, 0.25) is 0 Å². The number of hydrogen-bond acceptors (Lipinski definition) is 3. The van der Waals surface area contributed by atoms with Crippen molar-refractivity contribution in [3.63, 3.8) is 0 Å². The quantitative estimate of drug-likeness (QED) is 0.689. The van der Waals surface area contributed by atoms with E-state index in [0.29, 0.717) is 18.8 Å². The molecule has 2 N–H and O–H groups in total. The van der Waals surface area contributed by atoms with Crippen molar-refractivity contribution in [1.82, 2.24) is 0 Å². The predicted molar refractivity (Wildman–Crippen MR) is 95.6 cm³/mol. The SMILES string of the molecule is Cc1cccc(C)c1OCCCNc1ccc(Br)cc1C(=O)O. The van der Waals surface area contributed by atoms with Gasteiger partial charge in [0, 0.05) is 16.7 Å². The number of aryl methyl sites for hydroxylation is 2. The van der Waals surface area contributed by atoms with Gasteiger partial charge < -0.3 is 15.2 Å². The minimum atomic E-state index is -0.944. The van der Waals surface area contributed by atoms with Crippen LogP contribution in [0.15, 0.2) is 40.9 Å². The fourth-order valence-corrected chi connectivity index (χ4v) is 2.70. The number of halogens is 1. The van der Waals surface area contributed by atoms with Crippen LogP contribution >= 0.6 is 15.9 Å². The zero-order valence-electron chi connectivity index (χ0n) is 13.2. The maximum Gasteiger partial charge on any atom is 0.337 e. The van der Waals surface area contributed by atoms with Gasteiger partial charge in [0.25, 0.3) is 0 Å². The first-order valence-electron chi connectivity index (χ1n) is 7.45. The van der Waals surface area contributed by atoms with Gasteiger partial charge in [-0.05, 0) is 49.6 Å². The highest BCUT2D eigenvalue weighted by atomic mass is 79.9. The van der Waals surface area contributed by atoms with Gasteiger partial charge >= 0.3 is 5.97 Å². The Hall–Kier alpha value is -2.01. The maximum absolute atomic E-state index is 11.2. The third kappa shape index (κ3) is 4.73. The van der Waals surface area contributed by atoms with Crippen molar-refractivity contribution in [1.29, 1.82) is 0 Å². The maximum atomic E-state index is 11.2. The average Bonchev–Trinajstić information content (AvgIpc) is 2.50. The van der Waals surface area contributed by atoms with Crippen molar-refractivity contribution in [2.45, 2.75) is 20.3 Å². The van der Waals surface area contributed by atoms with Crippen molar-refractivity contribution >= 4 is 27.6 Å². The van der Waals surface area contributed by atoms with Crippen LogP contribution in [0.3, 0.4) is 0 Å². The number of carboxylic acid groups (broad SMARTS) is 1. The minimum absolute atomic E-state index is 0.259. The van der Waals surface area contributed by atoms with Gasteiger partial charge in [-0.3, -0.25) is 0 Å². The summed E-state index contributed by atoms with van der Waals surface area (Å²) >= 11 is 3.29. The van der Waals surface area contributed by atoms with Gasteiger partial charge in [0.1, 0.15) is 5.75 Å². The van der Waals surface area contributed by atoms with Crippen LogP contribution in [0, 0.1) is 13.8 Å². The molecule has 2 aromatic carbocycles. The van der Waals surface area contributed by atoms with E-state index in [2.05, 4.69) is 21.2 Å². The number of para-hydroxylation sites is 1. The standard InChI is InChI=1S/C18H20BrNO3/c1-12-5-3-6-13(2)17(12)23-10-4-9-20-16-8-7-14(19)11-15(16)18(21)22/h3,5-8,11,20H,4,9-10H2,1-2H3,(H,21,22). The largest absolute Gasteiger partial charge is 0.493 e. The highest BCUT2D eigenvalue weighted by Gasteiger charge is 2.10. The topological polar surface area (TPSA) is 58.6 Å². The Morgan fingerprint density at radius 1 is 1.22 bits per heavy atom. The lowest BCUT2D eigenvalue weighted by molar-refractivity contribution is 0.0698. The number of aromatic carboxylic acids is 1. The lowest BCUT2D eigenvalue weighted by Crippen LogP contribution is -2.11. The first kappa shape index (κ1) is 17.3. The monoisotopic (exact) mass is 377 g/mol. The third-order valence-corrected chi connectivity index (χ3v) is 4.00. The van der Waals surface area contributed by atoms with Crippen LogP contribution in [0.25, 0.3) is 0 Å². The Morgan fingerprint density at radius 2 is 1.91 bits per heavy atom. The lowest BCUT2D eigenvalue weighted by Gasteiger charge is -2.13. The number of carboxylic acids is 1. The minimum Gasteiger partial charge on any atom is -0.493 e. The molecule has 2 aromatic rings. The molecule has 0 spiro atoms. The molecule has 0 saturated heterocycles. The van der Waals surface area contributed by atoms with Gasteiger partial charge in [-0.1, -0.05) is 34.1 Å². The fraction of sp³-hybridized carbons (Fsp3) is 0.278. The van der Waals surface area contributed by atoms with Crippen LogP contribution in [0.2, 0.25) is 0 Å². The van der Waals surface area contributed by atoms with E-state index >= 15 is 0 Å². The molecular weight excluding hydrogens is 358 g/mol. The third-order valence-electron chi connectivity index (χ3n) is 3.50. The van der Waals surface area contributed by atoms with Crippen LogP contribution < -0.4 is 10.1 Å². The van der Waals surface area contributed by atoms with E-state index in [9.17, 15) is 9.90 Å². The summed E-state index contributed by atoms with van der Waals surface area (Å²) in [7, 11) is 0. The molecule has 0 aliphatic heterocycles. The fourth-order valence-electron chi connectivity index (χ4n) is 2.34. The molecule has 4 nitrogen and oxygen atoms in total. The molecule has 0 aliphatic rings. The van der Waals surface area contributed by atoms with Crippen molar-refractivity contribution < 1.29 is 14.6 Å². The van der Waals surface area contributed by atoms with Crippen molar-refractivity contribution in [3.8, 4) is 5.75 Å². The molecule has 23 heavy (non-hydrogen) atoms. The van der Waals surface area contributed by atoms with E-state index in [0.717, 1.165) is 27.8 Å². The molecule has 0 bridgehead atoms. The molecule has 0 amide bonds. The number of rotatable bonds is 7. The summed E-state index contributed by atoms with van der Waals surface area (Å²) in [6, 6.07) is 11.3. The predicted octanol–water partition coefficient (Wildman–Crippen LogP) is 4.65. The number of nitrogens with one attached hydrogen (secondary N) is 1. The number of carbonyl (C=O) groups is 1. The molecule has 2 rings (SSSR count). The van der Waals surface area contributed by atoms with E-state index < -0.39 is 5.97 Å². The zero-order chi connectivity index (χ0) is 16.8. The van der Waals surface area contributed by atoms with Crippen molar-refractivity contribution in [3.05, 3.63) is 57.6 Å². The summed E-state index contributed by atoms with van der Waals surface area (Å²) in [5.41, 5.74) is 3.13. The van der Waals surface area contributed by atoms with Crippen LogP contribution in [-0.2, 0) is 0 Å². The van der Waals surface area contributed by atoms with Crippen molar-refractivity contribution in [2.75, 3.05) is 18.5 Å². The van der Waals surface area contributed by atoms with E-state index in [1.165, 1.54) is 0 Å². The molecule has 0 aromatic heterocycles. The Morgan fingerprint density at radius 3 is 2.57 bits per heavy atom. The second-order valence-corrected chi connectivity index (χ2v) is 6.26. The Kier molecular flexibility index (Phi) is 6.04. The van der Waals surface area contributed by atoms with E-state index in [1.807, 2.05) is 38.1 Å². The molecule has 0 atom stereocenters. The molecule has 0 heterocycles. The summed E-state index contributed by atoms with van der Waals surface area (Å²) < 4.78 is 6.59. The molecule has 0 radical (unpaired) electrons. The molecule has 0 unspecified atom stereocenters. The number of benzene rings is 2. The van der Waals surface area contributed by atoms with Crippen LogP contribution in [0.5, 0.6) is 5.75 Å². The second-order valence-electron chi connectivity index (χ2n) is 5.34. The highest BCUT2D eigenvalue weighted by Crippen LogP contribution is 2.23. The van der Waals surface area contributed by atoms with Gasteiger partial charge in [-0.2, -0.15) is 0 Å². The summed E-state index contributed by atoms with van der Waals surface area (Å²) in [6.07, 6.45) is 0.781. The molecule has 0 aliphatic carbocycles. The highest BCUT2D eigenvalue weighted by molar-refractivity contribution is 9.10. The van der Waals surface area contributed by atoms with Gasteiger partial charge in [-0.15, -0.1) is 0 Å². The van der Waals surface area contributed by atoms with Gasteiger partial charge in [0.05, 0.1) is 12.2 Å². The van der Waals surface area contributed by atoms with Crippen LogP contribution in [-0.4, -0.2) is 24.2 Å². The van der Waals surface area contributed by atoms with E-state index in [1.54, 1.807) is 12.1 Å². The molecule has 5 heteroatoms. The number of ether oxygens (including phenoxy) is 1. The zero-order valence-corrected chi connectivity index (χ0v) is 14.8. The van der Waals surface area contributed by atoms with Crippen molar-refractivity contribution in [2.24, 2.45) is 0 Å². The summed E-state index contributed by atoms with van der Waals surface area (Å²) in [6.45, 7) is 5.29. The Balaban J connectivity index is 1.86. The lowest BCUT2D eigenvalue weighted by atomic mass is 10.1. The van der Waals surface area contributed by atoms with E-state index in [4.69, 9.17) is 4.74 Å². The summed E-state index contributed by atoms with van der Waals surface area (Å²) in [4.78, 5) is 11.2. The molecular formula is C18H20BrNO3. The van der Waals surface area contributed by atoms with E-state index in [-0.39, 0.29) is 5.56 Å². The normalized spacial score (nSPS) is 10.4. The van der Waals surface area contributed by atoms with Crippen LogP contribution in [0.1, 0.15) is 27.9 Å². The average molecular weight is 378 g/mol. The Labute approximate surface area is 144 Å². The van der Waals surface area contributed by atoms with Crippen LogP contribution in [0.4, 0.5) is 5.69 Å². The number of hydrogen-bond donors (Lipinski definition) is 2. The van der Waals surface area contributed by atoms with Gasteiger partial charge in [-0.25, -0.2) is 4.79 Å². The molecule has 122 valence electrons.